The zero-order chi connectivity index (χ0) is 17.7. The zero-order valence-corrected chi connectivity index (χ0v) is 13.9. The van der Waals surface area contributed by atoms with Gasteiger partial charge in [-0.25, -0.2) is 17.8 Å². The molecule has 0 unspecified atom stereocenters. The van der Waals surface area contributed by atoms with Gasteiger partial charge in [0.1, 0.15) is 5.82 Å². The van der Waals surface area contributed by atoms with Gasteiger partial charge in [0.25, 0.3) is 5.91 Å². The highest BCUT2D eigenvalue weighted by Crippen LogP contribution is 2.19. The number of aromatic nitrogens is 1. The summed E-state index contributed by atoms with van der Waals surface area (Å²) in [6, 6.07) is 6.61. The van der Waals surface area contributed by atoms with Crippen LogP contribution in [0.2, 0.25) is 0 Å². The summed E-state index contributed by atoms with van der Waals surface area (Å²) < 4.78 is 43.4. The average molecular weight is 353 g/mol. The highest BCUT2D eigenvalue weighted by molar-refractivity contribution is 7.92. The number of hydrogen-bond acceptors (Lipinski definition) is 5. The van der Waals surface area contributed by atoms with E-state index in [1.807, 2.05) is 0 Å². The Morgan fingerprint density at radius 3 is 2.75 bits per heavy atom. The SMILES string of the molecule is COc1ncccc1CNC(=O)c1cc(F)ccc1NS(C)(=O)=O. The molecule has 0 bridgehead atoms. The van der Waals surface area contributed by atoms with Crippen molar-refractivity contribution in [1.82, 2.24) is 10.3 Å². The fraction of sp³-hybridized carbons (Fsp3) is 0.200. The molecular formula is C15H16FN3O4S. The number of anilines is 1. The summed E-state index contributed by atoms with van der Waals surface area (Å²) in [5, 5.41) is 2.58. The third-order valence-corrected chi connectivity index (χ3v) is 3.60. The van der Waals surface area contributed by atoms with Crippen molar-refractivity contribution in [2.24, 2.45) is 0 Å². The van der Waals surface area contributed by atoms with Crippen molar-refractivity contribution in [2.75, 3.05) is 18.1 Å². The summed E-state index contributed by atoms with van der Waals surface area (Å²) in [6.45, 7) is 0.0880. The molecule has 0 saturated heterocycles. The number of benzene rings is 1. The minimum atomic E-state index is -3.61. The van der Waals surface area contributed by atoms with Crippen LogP contribution in [0.15, 0.2) is 36.5 Å². The van der Waals surface area contributed by atoms with Gasteiger partial charge in [-0.3, -0.25) is 9.52 Å². The van der Waals surface area contributed by atoms with Crippen LogP contribution in [0.1, 0.15) is 15.9 Å². The largest absolute Gasteiger partial charge is 0.481 e. The monoisotopic (exact) mass is 353 g/mol. The van der Waals surface area contributed by atoms with Crippen LogP contribution in [0, 0.1) is 5.82 Å². The number of sulfonamides is 1. The number of carbonyl (C=O) groups is 1. The Morgan fingerprint density at radius 2 is 2.08 bits per heavy atom. The van der Waals surface area contributed by atoms with E-state index in [1.54, 1.807) is 18.3 Å². The molecule has 1 heterocycles. The molecule has 7 nitrogen and oxygen atoms in total. The molecule has 0 radical (unpaired) electrons. The summed E-state index contributed by atoms with van der Waals surface area (Å²) in [6.07, 6.45) is 2.49. The summed E-state index contributed by atoms with van der Waals surface area (Å²) in [7, 11) is -2.15. The van der Waals surface area contributed by atoms with Gasteiger partial charge in [0, 0.05) is 18.3 Å². The van der Waals surface area contributed by atoms with Crippen molar-refractivity contribution < 1.29 is 22.3 Å². The van der Waals surface area contributed by atoms with Crippen molar-refractivity contribution >= 4 is 21.6 Å². The molecule has 9 heteroatoms. The van der Waals surface area contributed by atoms with Crippen LogP contribution < -0.4 is 14.8 Å². The van der Waals surface area contributed by atoms with E-state index in [-0.39, 0.29) is 17.8 Å². The Hall–Kier alpha value is -2.68. The van der Waals surface area contributed by atoms with Gasteiger partial charge >= 0.3 is 0 Å². The molecule has 0 aliphatic rings. The molecule has 24 heavy (non-hydrogen) atoms. The molecule has 0 atom stereocenters. The Bertz CT molecular complexity index is 856. The standard InChI is InChI=1S/C15H16FN3O4S/c1-23-15-10(4-3-7-17-15)9-18-14(20)12-8-11(16)5-6-13(12)19-24(2,21)22/h3-8,19H,9H2,1-2H3,(H,18,20). The van der Waals surface area contributed by atoms with E-state index >= 15 is 0 Å². The second-order valence-electron chi connectivity index (χ2n) is 4.92. The van der Waals surface area contributed by atoms with Crippen LogP contribution >= 0.6 is 0 Å². The van der Waals surface area contributed by atoms with Crippen LogP contribution in [-0.4, -0.2) is 32.7 Å². The van der Waals surface area contributed by atoms with Gasteiger partial charge in [-0.2, -0.15) is 0 Å². The summed E-state index contributed by atoms with van der Waals surface area (Å²) in [4.78, 5) is 16.3. The quantitative estimate of drug-likeness (QED) is 0.821. The fourth-order valence-corrected chi connectivity index (χ4v) is 2.58. The van der Waals surface area contributed by atoms with Gasteiger partial charge in [0.2, 0.25) is 15.9 Å². The van der Waals surface area contributed by atoms with Crippen LogP contribution in [0.3, 0.4) is 0 Å². The van der Waals surface area contributed by atoms with Crippen molar-refractivity contribution in [3.8, 4) is 5.88 Å². The number of amides is 1. The van der Waals surface area contributed by atoms with E-state index in [0.29, 0.717) is 11.4 Å². The lowest BCUT2D eigenvalue weighted by atomic mass is 10.1. The molecule has 2 N–H and O–H groups in total. The summed E-state index contributed by atoms with van der Waals surface area (Å²) >= 11 is 0. The Morgan fingerprint density at radius 1 is 1.33 bits per heavy atom. The maximum Gasteiger partial charge on any atom is 0.253 e. The first-order valence-corrected chi connectivity index (χ1v) is 8.72. The van der Waals surface area contributed by atoms with E-state index in [4.69, 9.17) is 4.74 Å². The van der Waals surface area contributed by atoms with Gasteiger partial charge in [0.05, 0.1) is 24.6 Å². The summed E-state index contributed by atoms with van der Waals surface area (Å²) in [5.41, 5.74) is 0.500. The molecule has 1 aromatic carbocycles. The second kappa shape index (κ2) is 7.26. The van der Waals surface area contributed by atoms with Crippen molar-refractivity contribution in [1.29, 1.82) is 0 Å². The van der Waals surface area contributed by atoms with E-state index in [2.05, 4.69) is 15.0 Å². The Balaban J connectivity index is 2.21. The highest BCUT2D eigenvalue weighted by atomic mass is 32.2. The Labute approximate surface area is 138 Å². The number of nitrogens with zero attached hydrogens (tertiary/aromatic N) is 1. The third-order valence-electron chi connectivity index (χ3n) is 3.00. The molecule has 2 rings (SSSR count). The molecule has 0 aliphatic carbocycles. The molecule has 1 amide bonds. The van der Waals surface area contributed by atoms with Gasteiger partial charge in [-0.1, -0.05) is 6.07 Å². The highest BCUT2D eigenvalue weighted by Gasteiger charge is 2.16. The van der Waals surface area contributed by atoms with E-state index in [0.717, 1.165) is 18.4 Å². The lowest BCUT2D eigenvalue weighted by Crippen LogP contribution is -2.25. The van der Waals surface area contributed by atoms with Gasteiger partial charge in [0.15, 0.2) is 0 Å². The van der Waals surface area contributed by atoms with Crippen molar-refractivity contribution in [3.63, 3.8) is 0 Å². The maximum absolute atomic E-state index is 13.4. The first-order valence-electron chi connectivity index (χ1n) is 6.83. The van der Waals surface area contributed by atoms with Crippen LogP contribution in [0.4, 0.5) is 10.1 Å². The Kier molecular flexibility index (Phi) is 5.35. The molecule has 128 valence electrons. The normalized spacial score (nSPS) is 11.0. The van der Waals surface area contributed by atoms with Crippen LogP contribution in [0.25, 0.3) is 0 Å². The van der Waals surface area contributed by atoms with Crippen LogP contribution in [0.5, 0.6) is 5.88 Å². The predicted octanol–water partition coefficient (Wildman–Crippen LogP) is 1.53. The predicted molar refractivity (Wildman–Crippen MR) is 86.8 cm³/mol. The molecule has 0 fully saturated rings. The number of methoxy groups -OCH3 is 1. The topological polar surface area (TPSA) is 97.4 Å². The molecule has 2 aromatic rings. The molecular weight excluding hydrogens is 337 g/mol. The molecule has 0 aliphatic heterocycles. The number of hydrogen-bond donors (Lipinski definition) is 2. The minimum absolute atomic E-state index is 0.00504. The molecule has 0 saturated carbocycles. The first-order chi connectivity index (χ1) is 11.3. The van der Waals surface area contributed by atoms with E-state index < -0.39 is 21.7 Å². The van der Waals surface area contributed by atoms with Crippen molar-refractivity contribution in [3.05, 3.63) is 53.5 Å². The average Bonchev–Trinajstić information content (AvgIpc) is 2.53. The summed E-state index contributed by atoms with van der Waals surface area (Å²) in [5.74, 6) is -0.934. The second-order valence-corrected chi connectivity index (χ2v) is 6.67. The minimum Gasteiger partial charge on any atom is -0.481 e. The zero-order valence-electron chi connectivity index (χ0n) is 13.0. The molecule has 1 aromatic heterocycles. The van der Waals surface area contributed by atoms with Crippen molar-refractivity contribution in [2.45, 2.75) is 6.54 Å². The van der Waals surface area contributed by atoms with Gasteiger partial charge in [-0.05, 0) is 24.3 Å². The number of carbonyl (C=O) groups excluding carboxylic acids is 1. The number of halogens is 1. The number of rotatable bonds is 6. The fourth-order valence-electron chi connectivity index (χ4n) is 2.01. The first kappa shape index (κ1) is 17.7. The van der Waals surface area contributed by atoms with E-state index in [9.17, 15) is 17.6 Å². The smallest absolute Gasteiger partial charge is 0.253 e. The lowest BCUT2D eigenvalue weighted by molar-refractivity contribution is 0.0951. The molecule has 0 spiro atoms. The number of ether oxygens (including phenoxy) is 1. The van der Waals surface area contributed by atoms with E-state index in [1.165, 1.54) is 13.2 Å². The van der Waals surface area contributed by atoms with Gasteiger partial charge in [-0.15, -0.1) is 0 Å². The number of pyridine rings is 1. The van der Waals surface area contributed by atoms with Crippen LogP contribution in [-0.2, 0) is 16.6 Å². The number of nitrogens with one attached hydrogen (secondary N) is 2. The lowest BCUT2D eigenvalue weighted by Gasteiger charge is -2.12. The third kappa shape index (κ3) is 4.66. The van der Waals surface area contributed by atoms with Gasteiger partial charge < -0.3 is 10.1 Å². The maximum atomic E-state index is 13.4.